The van der Waals surface area contributed by atoms with Gasteiger partial charge in [-0.1, -0.05) is 0 Å². The van der Waals surface area contributed by atoms with Gasteiger partial charge in [0.15, 0.2) is 0 Å². The number of rotatable bonds is 5. The van der Waals surface area contributed by atoms with Crippen molar-refractivity contribution in [3.8, 4) is 0 Å². The molecule has 18 heavy (non-hydrogen) atoms. The van der Waals surface area contributed by atoms with Gasteiger partial charge in [0.05, 0.1) is 0 Å². The van der Waals surface area contributed by atoms with Crippen LogP contribution in [0.1, 0.15) is 19.8 Å². The van der Waals surface area contributed by atoms with Crippen molar-refractivity contribution in [3.63, 3.8) is 0 Å². The van der Waals surface area contributed by atoms with Crippen LogP contribution in [-0.2, 0) is 0 Å². The van der Waals surface area contributed by atoms with Crippen molar-refractivity contribution in [2.75, 3.05) is 6.16 Å². The molecule has 0 unspecified atom stereocenters. The summed E-state index contributed by atoms with van der Waals surface area (Å²) in [7, 11) is -2.52. The van der Waals surface area contributed by atoms with Gasteiger partial charge in [-0.05, 0) is 0 Å². The summed E-state index contributed by atoms with van der Waals surface area (Å²) in [5.74, 6) is 0. The van der Waals surface area contributed by atoms with Crippen LogP contribution in [0.4, 0.5) is 0 Å². The second kappa shape index (κ2) is 6.13. The summed E-state index contributed by atoms with van der Waals surface area (Å²) in [4.78, 5) is 11.2. The zero-order valence-corrected chi connectivity index (χ0v) is 11.8. The molecule has 0 spiro atoms. The first kappa shape index (κ1) is 13.3. The maximum atomic E-state index is 11.2. The molecule has 0 atom stereocenters. The quantitative estimate of drug-likeness (QED) is 0.819. The molecule has 0 fully saturated rings. The minimum atomic E-state index is -2.52. The van der Waals surface area contributed by atoms with Gasteiger partial charge >= 0.3 is 110 Å². The van der Waals surface area contributed by atoms with Crippen molar-refractivity contribution in [2.45, 2.75) is 19.8 Å². The molecular weight excluding hydrogens is 239 g/mol. The van der Waals surface area contributed by atoms with Crippen molar-refractivity contribution >= 4 is 18.1 Å². The summed E-state index contributed by atoms with van der Waals surface area (Å²) in [6.45, 7) is 2.17. The third kappa shape index (κ3) is 2.80. The van der Waals surface area contributed by atoms with Gasteiger partial charge in [-0.15, -0.1) is 0 Å². The molecule has 0 aliphatic heterocycles. The van der Waals surface area contributed by atoms with E-state index in [0.717, 1.165) is 29.6 Å². The molecule has 0 saturated heterocycles. The van der Waals surface area contributed by atoms with Crippen LogP contribution in [0.3, 0.4) is 0 Å². The summed E-state index contributed by atoms with van der Waals surface area (Å²) < 4.78 is 0. The van der Waals surface area contributed by atoms with E-state index in [1.807, 2.05) is 36.4 Å². The molecule has 0 aliphatic rings. The Labute approximate surface area is 110 Å². The average Bonchev–Trinajstić information content (AvgIpc) is 2.46. The number of hydrogen-bond acceptors (Lipinski definition) is 1. The van der Waals surface area contributed by atoms with E-state index in [0.29, 0.717) is 0 Å². The molecule has 0 aliphatic carbocycles. The van der Waals surface area contributed by atoms with E-state index in [1.54, 1.807) is 0 Å². The molecule has 0 amide bonds. The van der Waals surface area contributed by atoms with E-state index < -0.39 is 7.49 Å². The Hall–Kier alpha value is -1.17. The molecule has 0 saturated carbocycles. The van der Waals surface area contributed by atoms with Gasteiger partial charge in [0, 0.05) is 0 Å². The predicted molar refractivity (Wildman–Crippen MR) is 82.5 cm³/mol. The van der Waals surface area contributed by atoms with E-state index in [-0.39, 0.29) is 0 Å². The van der Waals surface area contributed by atoms with Crippen LogP contribution in [0.25, 0.3) is 0 Å². The molecule has 2 rings (SSSR count). The van der Waals surface area contributed by atoms with Crippen LogP contribution in [0.15, 0.2) is 60.7 Å². The second-order valence-electron chi connectivity index (χ2n) is 4.70. The second-order valence-corrected chi connectivity index (χ2v) is 8.07. The van der Waals surface area contributed by atoms with Crippen LogP contribution < -0.4 is 10.6 Å². The Morgan fingerprint density at radius 1 is 0.833 bits per heavy atom. The van der Waals surface area contributed by atoms with Gasteiger partial charge < -0.3 is 0 Å². The molecule has 2 heteroatoms. The van der Waals surface area contributed by atoms with Gasteiger partial charge in [-0.3, -0.25) is 0 Å². The fourth-order valence-electron chi connectivity index (χ4n) is 2.32. The Morgan fingerprint density at radius 2 is 1.28 bits per heavy atom. The number of benzene rings is 2. The van der Waals surface area contributed by atoms with Crippen LogP contribution in [0.2, 0.25) is 0 Å². The van der Waals surface area contributed by atoms with Crippen molar-refractivity contribution in [1.29, 1.82) is 0 Å². The number of unbranched alkanes of at least 4 members (excludes halogenated alkanes) is 1. The SMILES string of the molecule is CCCC[PH](O)(c1ccccc1)c1ccccc1. The van der Waals surface area contributed by atoms with Gasteiger partial charge in [0.2, 0.25) is 0 Å². The van der Waals surface area contributed by atoms with E-state index in [9.17, 15) is 4.89 Å². The Kier molecular flexibility index (Phi) is 4.52. The average molecular weight is 260 g/mol. The van der Waals surface area contributed by atoms with E-state index in [2.05, 4.69) is 31.2 Å². The first-order chi connectivity index (χ1) is 8.77. The molecule has 1 N–H and O–H groups in total. The molecule has 0 heterocycles. The molecule has 2 aromatic rings. The summed E-state index contributed by atoms with van der Waals surface area (Å²) in [6, 6.07) is 20.3. The van der Waals surface area contributed by atoms with Gasteiger partial charge in [0.25, 0.3) is 0 Å². The third-order valence-electron chi connectivity index (χ3n) is 3.39. The number of hydrogen-bond donors (Lipinski definition) is 1. The van der Waals surface area contributed by atoms with Crippen molar-refractivity contribution in [3.05, 3.63) is 60.7 Å². The van der Waals surface area contributed by atoms with Gasteiger partial charge in [0.1, 0.15) is 0 Å². The van der Waals surface area contributed by atoms with E-state index in [4.69, 9.17) is 0 Å². The monoisotopic (exact) mass is 260 g/mol. The first-order valence-electron chi connectivity index (χ1n) is 6.61. The molecule has 2 aromatic carbocycles. The van der Waals surface area contributed by atoms with Crippen LogP contribution >= 0.6 is 7.49 Å². The fourth-order valence-corrected chi connectivity index (χ4v) is 5.58. The maximum absolute atomic E-state index is 11.2. The molecule has 96 valence electrons. The zero-order valence-electron chi connectivity index (χ0n) is 10.8. The topological polar surface area (TPSA) is 20.2 Å². The van der Waals surface area contributed by atoms with E-state index >= 15 is 0 Å². The van der Waals surface area contributed by atoms with Crippen molar-refractivity contribution < 1.29 is 4.89 Å². The summed E-state index contributed by atoms with van der Waals surface area (Å²) in [5.41, 5.74) is 0. The minimum absolute atomic E-state index is 0.900. The molecular formula is C16H21OP. The first-order valence-corrected chi connectivity index (χ1v) is 8.76. The standard InChI is InChI=1S/C16H21OP/c1-2-3-14-18(17,15-10-6-4-7-11-15)16-12-8-5-9-13-16/h4-13,17-18H,2-3,14H2,1H3. The van der Waals surface area contributed by atoms with Crippen molar-refractivity contribution in [2.24, 2.45) is 0 Å². The van der Waals surface area contributed by atoms with Gasteiger partial charge in [-0.25, -0.2) is 0 Å². The Bertz CT molecular complexity index is 427. The Morgan fingerprint density at radius 3 is 1.67 bits per heavy atom. The van der Waals surface area contributed by atoms with Crippen molar-refractivity contribution in [1.82, 2.24) is 0 Å². The third-order valence-corrected chi connectivity index (χ3v) is 7.05. The predicted octanol–water partition coefficient (Wildman–Crippen LogP) is 3.09. The summed E-state index contributed by atoms with van der Waals surface area (Å²) in [5, 5.41) is 2.23. The van der Waals surface area contributed by atoms with Crippen LogP contribution in [-0.4, -0.2) is 11.1 Å². The van der Waals surface area contributed by atoms with E-state index in [1.165, 1.54) is 0 Å². The summed E-state index contributed by atoms with van der Waals surface area (Å²) >= 11 is 0. The molecule has 0 aromatic heterocycles. The fraction of sp³-hybridized carbons (Fsp3) is 0.250. The normalized spacial score (nSPS) is 12.3. The molecule has 0 bridgehead atoms. The van der Waals surface area contributed by atoms with Gasteiger partial charge in [-0.2, -0.15) is 0 Å². The molecule has 1 nitrogen and oxygen atoms in total. The summed E-state index contributed by atoms with van der Waals surface area (Å²) in [6.07, 6.45) is 3.10. The zero-order chi connectivity index (χ0) is 12.8. The van der Waals surface area contributed by atoms with Crippen LogP contribution in [0, 0.1) is 0 Å². The molecule has 0 radical (unpaired) electrons. The Balaban J connectivity index is 2.41. The van der Waals surface area contributed by atoms with Crippen LogP contribution in [0.5, 0.6) is 0 Å².